The van der Waals surface area contributed by atoms with Crippen LogP contribution in [0.4, 0.5) is 10.2 Å². The quantitative estimate of drug-likeness (QED) is 0.248. The molecule has 0 radical (unpaired) electrons. The SMILES string of the molecule is CN(C)CCN(Cc1ccccc1)c1cc(Cl)nc(SCC(=O)NCc2ccc(F)cc2)n1. The summed E-state index contributed by atoms with van der Waals surface area (Å²) in [6, 6.07) is 17.9. The van der Waals surface area contributed by atoms with Gasteiger partial charge < -0.3 is 15.1 Å². The first-order valence-corrected chi connectivity index (χ1v) is 11.9. The van der Waals surface area contributed by atoms with Crippen LogP contribution in [0.3, 0.4) is 0 Å². The Morgan fingerprint density at radius 1 is 1.03 bits per heavy atom. The molecular formula is C24H27ClFN5OS. The smallest absolute Gasteiger partial charge is 0.230 e. The van der Waals surface area contributed by atoms with Gasteiger partial charge in [0.2, 0.25) is 5.91 Å². The Bertz CT molecular complexity index is 1040. The molecule has 9 heteroatoms. The molecule has 0 aliphatic rings. The molecule has 0 saturated carbocycles. The number of rotatable bonds is 11. The molecule has 1 amide bonds. The summed E-state index contributed by atoms with van der Waals surface area (Å²) in [7, 11) is 4.05. The lowest BCUT2D eigenvalue weighted by molar-refractivity contribution is -0.118. The number of carbonyl (C=O) groups is 1. The first-order chi connectivity index (χ1) is 15.9. The van der Waals surface area contributed by atoms with Gasteiger partial charge in [-0.3, -0.25) is 4.79 Å². The number of aromatic nitrogens is 2. The fourth-order valence-corrected chi connectivity index (χ4v) is 3.91. The molecule has 1 heterocycles. The van der Waals surface area contributed by atoms with Crippen molar-refractivity contribution in [3.8, 4) is 0 Å². The van der Waals surface area contributed by atoms with Gasteiger partial charge in [-0.25, -0.2) is 14.4 Å². The predicted octanol–water partition coefficient (Wildman–Crippen LogP) is 4.25. The van der Waals surface area contributed by atoms with E-state index in [0.29, 0.717) is 23.4 Å². The Morgan fingerprint density at radius 2 is 1.76 bits per heavy atom. The van der Waals surface area contributed by atoms with Crippen LogP contribution in [-0.2, 0) is 17.9 Å². The molecule has 0 spiro atoms. The van der Waals surface area contributed by atoms with Crippen molar-refractivity contribution in [2.75, 3.05) is 37.8 Å². The maximum atomic E-state index is 13.0. The fourth-order valence-electron chi connectivity index (χ4n) is 3.00. The van der Waals surface area contributed by atoms with Gasteiger partial charge in [-0.15, -0.1) is 0 Å². The average Bonchev–Trinajstić information content (AvgIpc) is 2.80. The van der Waals surface area contributed by atoms with Crippen LogP contribution in [0.2, 0.25) is 5.15 Å². The fraction of sp³-hybridized carbons (Fsp3) is 0.292. The number of nitrogens with one attached hydrogen (secondary N) is 1. The number of anilines is 1. The van der Waals surface area contributed by atoms with Gasteiger partial charge >= 0.3 is 0 Å². The zero-order valence-corrected chi connectivity index (χ0v) is 20.2. The van der Waals surface area contributed by atoms with Gasteiger partial charge in [0.05, 0.1) is 5.75 Å². The molecule has 33 heavy (non-hydrogen) atoms. The zero-order chi connectivity index (χ0) is 23.6. The summed E-state index contributed by atoms with van der Waals surface area (Å²) >= 11 is 7.52. The van der Waals surface area contributed by atoms with Gasteiger partial charge in [0.1, 0.15) is 16.8 Å². The van der Waals surface area contributed by atoms with Crippen molar-refractivity contribution in [1.82, 2.24) is 20.2 Å². The van der Waals surface area contributed by atoms with Crippen molar-refractivity contribution in [3.63, 3.8) is 0 Å². The third kappa shape index (κ3) is 8.64. The minimum absolute atomic E-state index is 0.150. The molecule has 0 atom stereocenters. The summed E-state index contributed by atoms with van der Waals surface area (Å²) < 4.78 is 13.0. The van der Waals surface area contributed by atoms with Gasteiger partial charge in [-0.1, -0.05) is 65.8 Å². The maximum Gasteiger partial charge on any atom is 0.230 e. The molecular weight excluding hydrogens is 461 g/mol. The molecule has 3 rings (SSSR count). The van der Waals surface area contributed by atoms with E-state index in [1.165, 1.54) is 29.5 Å². The number of likely N-dealkylation sites (N-methyl/N-ethyl adjacent to an activating group) is 1. The van der Waals surface area contributed by atoms with E-state index < -0.39 is 0 Å². The zero-order valence-electron chi connectivity index (χ0n) is 18.7. The Hall–Kier alpha value is -2.68. The van der Waals surface area contributed by atoms with Crippen LogP contribution in [0.5, 0.6) is 0 Å². The van der Waals surface area contributed by atoms with Crippen molar-refractivity contribution in [3.05, 3.63) is 82.8 Å². The Balaban J connectivity index is 1.64. The lowest BCUT2D eigenvalue weighted by Gasteiger charge is -2.26. The summed E-state index contributed by atoms with van der Waals surface area (Å²) in [6.07, 6.45) is 0. The molecule has 0 saturated heterocycles. The van der Waals surface area contributed by atoms with E-state index in [-0.39, 0.29) is 17.5 Å². The molecule has 3 aromatic rings. The molecule has 174 valence electrons. The number of hydrogen-bond acceptors (Lipinski definition) is 6. The molecule has 1 aromatic heterocycles. The van der Waals surface area contributed by atoms with Crippen LogP contribution in [0.1, 0.15) is 11.1 Å². The summed E-state index contributed by atoms with van der Waals surface area (Å²) in [5.41, 5.74) is 1.99. The van der Waals surface area contributed by atoms with Gasteiger partial charge in [0.25, 0.3) is 0 Å². The number of hydrogen-bond donors (Lipinski definition) is 1. The minimum Gasteiger partial charge on any atom is -0.351 e. The monoisotopic (exact) mass is 487 g/mol. The average molecular weight is 488 g/mol. The number of nitrogens with zero attached hydrogens (tertiary/aromatic N) is 4. The van der Waals surface area contributed by atoms with E-state index in [0.717, 1.165) is 24.5 Å². The Labute approximate surface area is 203 Å². The van der Waals surface area contributed by atoms with E-state index in [4.69, 9.17) is 11.6 Å². The highest BCUT2D eigenvalue weighted by Crippen LogP contribution is 2.23. The normalized spacial score (nSPS) is 10.9. The summed E-state index contributed by atoms with van der Waals surface area (Å²) in [6.45, 7) is 2.63. The highest BCUT2D eigenvalue weighted by molar-refractivity contribution is 7.99. The number of thioether (sulfide) groups is 1. The largest absolute Gasteiger partial charge is 0.351 e. The van der Waals surface area contributed by atoms with Crippen LogP contribution in [-0.4, -0.2) is 53.7 Å². The lowest BCUT2D eigenvalue weighted by Crippen LogP contribution is -2.32. The second-order valence-corrected chi connectivity index (χ2v) is 9.06. The van der Waals surface area contributed by atoms with E-state index in [1.54, 1.807) is 18.2 Å². The molecule has 2 aromatic carbocycles. The number of amides is 1. The number of carbonyl (C=O) groups excluding carboxylic acids is 1. The minimum atomic E-state index is -0.304. The third-order valence-electron chi connectivity index (χ3n) is 4.75. The standard InChI is InChI=1S/C24H27ClFN5OS/c1-30(2)12-13-31(16-19-6-4-3-5-7-19)22-14-21(25)28-24(29-22)33-17-23(32)27-15-18-8-10-20(26)11-9-18/h3-11,14H,12-13,15-17H2,1-2H3,(H,27,32). The molecule has 6 nitrogen and oxygen atoms in total. The van der Waals surface area contributed by atoms with E-state index >= 15 is 0 Å². The van der Waals surface area contributed by atoms with Crippen LogP contribution in [0, 0.1) is 5.82 Å². The summed E-state index contributed by atoms with van der Waals surface area (Å²) in [4.78, 5) is 25.5. The third-order valence-corrected chi connectivity index (χ3v) is 5.79. The van der Waals surface area contributed by atoms with Crippen LogP contribution in [0.15, 0.2) is 65.8 Å². The van der Waals surface area contributed by atoms with Crippen molar-refractivity contribution >= 4 is 35.1 Å². The predicted molar refractivity (Wildman–Crippen MR) is 132 cm³/mol. The molecule has 0 fully saturated rings. The second-order valence-electron chi connectivity index (χ2n) is 7.73. The first kappa shape index (κ1) is 25.0. The van der Waals surface area contributed by atoms with Gasteiger partial charge in [0.15, 0.2) is 5.16 Å². The lowest BCUT2D eigenvalue weighted by atomic mass is 10.2. The number of benzene rings is 2. The molecule has 0 unspecified atom stereocenters. The molecule has 0 bridgehead atoms. The molecule has 1 N–H and O–H groups in total. The topological polar surface area (TPSA) is 61.4 Å². The summed E-state index contributed by atoms with van der Waals surface area (Å²) in [5.74, 6) is 0.400. The highest BCUT2D eigenvalue weighted by Gasteiger charge is 2.14. The van der Waals surface area contributed by atoms with Gasteiger partial charge in [-0.2, -0.15) is 0 Å². The van der Waals surface area contributed by atoms with Gasteiger partial charge in [0, 0.05) is 32.2 Å². The van der Waals surface area contributed by atoms with E-state index in [2.05, 4.69) is 37.2 Å². The Morgan fingerprint density at radius 3 is 2.45 bits per heavy atom. The van der Waals surface area contributed by atoms with Crippen molar-refractivity contribution in [2.45, 2.75) is 18.2 Å². The number of halogens is 2. The van der Waals surface area contributed by atoms with E-state index in [9.17, 15) is 9.18 Å². The summed E-state index contributed by atoms with van der Waals surface area (Å²) in [5, 5.41) is 3.59. The highest BCUT2D eigenvalue weighted by atomic mass is 35.5. The van der Waals surface area contributed by atoms with Crippen LogP contribution in [0.25, 0.3) is 0 Å². The molecule has 0 aliphatic heterocycles. The van der Waals surface area contributed by atoms with E-state index in [1.807, 2.05) is 32.3 Å². The first-order valence-electron chi connectivity index (χ1n) is 10.5. The maximum absolute atomic E-state index is 13.0. The van der Waals surface area contributed by atoms with Gasteiger partial charge in [-0.05, 0) is 37.4 Å². The van der Waals surface area contributed by atoms with Crippen molar-refractivity contribution in [2.24, 2.45) is 0 Å². The van der Waals surface area contributed by atoms with Crippen LogP contribution < -0.4 is 10.2 Å². The van der Waals surface area contributed by atoms with Crippen molar-refractivity contribution in [1.29, 1.82) is 0 Å². The second kappa shape index (κ2) is 12.5. The molecule has 0 aliphatic carbocycles. The van der Waals surface area contributed by atoms with Crippen LogP contribution >= 0.6 is 23.4 Å². The Kier molecular flexibility index (Phi) is 9.47. The van der Waals surface area contributed by atoms with Crippen molar-refractivity contribution < 1.29 is 9.18 Å².